The molecule has 0 atom stereocenters. The van der Waals surface area contributed by atoms with Crippen molar-refractivity contribution in [2.45, 2.75) is 6.92 Å². The lowest BCUT2D eigenvalue weighted by atomic mass is 10.2. The van der Waals surface area contributed by atoms with Crippen LogP contribution in [0, 0.1) is 0 Å². The molecule has 0 aliphatic carbocycles. The van der Waals surface area contributed by atoms with Crippen LogP contribution in [0.4, 0.5) is 0 Å². The van der Waals surface area contributed by atoms with Gasteiger partial charge in [0, 0.05) is 11.8 Å². The Balaban J connectivity index is 1.86. The predicted molar refractivity (Wildman–Crippen MR) is 80.2 cm³/mol. The monoisotopic (exact) mass is 264 g/mol. The molecule has 2 aromatic carbocycles. The van der Waals surface area contributed by atoms with E-state index >= 15 is 0 Å². The van der Waals surface area contributed by atoms with Gasteiger partial charge in [0.1, 0.15) is 5.75 Å². The minimum absolute atomic E-state index is 0.680. The molecular formula is C17H16N2O. The quantitative estimate of drug-likeness (QED) is 0.713. The average Bonchev–Trinajstić information content (AvgIpc) is 2.99. The minimum Gasteiger partial charge on any atom is -0.494 e. The first-order chi connectivity index (χ1) is 9.86. The Morgan fingerprint density at radius 3 is 2.40 bits per heavy atom. The van der Waals surface area contributed by atoms with E-state index in [9.17, 15) is 0 Å². The van der Waals surface area contributed by atoms with Crippen LogP contribution in [0.15, 0.2) is 66.9 Å². The molecular weight excluding hydrogens is 248 g/mol. The molecule has 3 nitrogen and oxygen atoms in total. The third-order valence-electron chi connectivity index (χ3n) is 3.07. The first kappa shape index (κ1) is 12.5. The van der Waals surface area contributed by atoms with Gasteiger partial charge in [0.15, 0.2) is 0 Å². The Labute approximate surface area is 118 Å². The molecule has 3 aromatic rings. The van der Waals surface area contributed by atoms with E-state index in [0.29, 0.717) is 6.61 Å². The molecule has 0 unspecified atom stereocenters. The van der Waals surface area contributed by atoms with Gasteiger partial charge >= 0.3 is 0 Å². The van der Waals surface area contributed by atoms with Crippen molar-refractivity contribution in [2.75, 3.05) is 6.61 Å². The summed E-state index contributed by atoms with van der Waals surface area (Å²) in [5, 5.41) is 4.60. The smallest absolute Gasteiger partial charge is 0.119 e. The van der Waals surface area contributed by atoms with E-state index in [-0.39, 0.29) is 0 Å². The summed E-state index contributed by atoms with van der Waals surface area (Å²) in [7, 11) is 0. The second-order valence-corrected chi connectivity index (χ2v) is 4.44. The highest BCUT2D eigenvalue weighted by molar-refractivity contribution is 5.58. The Morgan fingerprint density at radius 2 is 1.70 bits per heavy atom. The number of nitrogens with zero attached hydrogens (tertiary/aromatic N) is 2. The van der Waals surface area contributed by atoms with Gasteiger partial charge in [0.25, 0.3) is 0 Å². The van der Waals surface area contributed by atoms with Crippen LogP contribution in [-0.4, -0.2) is 16.4 Å². The van der Waals surface area contributed by atoms with Crippen molar-refractivity contribution in [3.05, 3.63) is 66.9 Å². The maximum absolute atomic E-state index is 5.44. The molecule has 3 rings (SSSR count). The van der Waals surface area contributed by atoms with Gasteiger partial charge in [-0.2, -0.15) is 5.10 Å². The summed E-state index contributed by atoms with van der Waals surface area (Å²) in [6.45, 7) is 2.66. The summed E-state index contributed by atoms with van der Waals surface area (Å²) in [5.74, 6) is 0.881. The zero-order valence-corrected chi connectivity index (χ0v) is 11.4. The summed E-state index contributed by atoms with van der Waals surface area (Å²) < 4.78 is 7.31. The maximum atomic E-state index is 5.44. The van der Waals surface area contributed by atoms with Crippen LogP contribution in [0.3, 0.4) is 0 Å². The van der Waals surface area contributed by atoms with Crippen LogP contribution in [0.25, 0.3) is 16.9 Å². The summed E-state index contributed by atoms with van der Waals surface area (Å²) >= 11 is 0. The summed E-state index contributed by atoms with van der Waals surface area (Å²) in [4.78, 5) is 0. The molecule has 0 spiro atoms. The predicted octanol–water partition coefficient (Wildman–Crippen LogP) is 3.94. The van der Waals surface area contributed by atoms with E-state index < -0.39 is 0 Å². The molecule has 0 aliphatic rings. The van der Waals surface area contributed by atoms with E-state index in [1.165, 1.54) is 0 Å². The second kappa shape index (κ2) is 5.61. The normalized spacial score (nSPS) is 10.4. The van der Waals surface area contributed by atoms with Crippen LogP contribution >= 0.6 is 0 Å². The van der Waals surface area contributed by atoms with Crippen molar-refractivity contribution < 1.29 is 4.74 Å². The molecule has 0 saturated heterocycles. The number of hydrogen-bond acceptors (Lipinski definition) is 2. The first-order valence-electron chi connectivity index (χ1n) is 6.71. The fourth-order valence-electron chi connectivity index (χ4n) is 2.09. The van der Waals surface area contributed by atoms with Crippen molar-refractivity contribution in [3.8, 4) is 22.7 Å². The van der Waals surface area contributed by atoms with E-state index in [1.807, 2.05) is 66.3 Å². The topological polar surface area (TPSA) is 27.1 Å². The summed E-state index contributed by atoms with van der Waals surface area (Å²) in [5.41, 5.74) is 3.12. The number of hydrogen-bond donors (Lipinski definition) is 0. The Morgan fingerprint density at radius 1 is 0.950 bits per heavy atom. The van der Waals surface area contributed by atoms with E-state index in [1.54, 1.807) is 0 Å². The highest BCUT2D eigenvalue weighted by atomic mass is 16.5. The summed E-state index contributed by atoms with van der Waals surface area (Å²) in [6.07, 6.45) is 1.97. The molecule has 0 amide bonds. The van der Waals surface area contributed by atoms with Crippen LogP contribution < -0.4 is 4.74 Å². The van der Waals surface area contributed by atoms with Crippen molar-refractivity contribution in [2.24, 2.45) is 0 Å². The Hall–Kier alpha value is -2.55. The third kappa shape index (κ3) is 2.57. The standard InChI is InChI=1S/C17H16N2O/c1-2-20-16-10-8-15(9-11-16)19-13-12-17(18-19)14-6-4-3-5-7-14/h3-13H,2H2,1H3. The van der Waals surface area contributed by atoms with E-state index in [0.717, 1.165) is 22.7 Å². The average molecular weight is 264 g/mol. The van der Waals surface area contributed by atoms with Gasteiger partial charge in [-0.25, -0.2) is 4.68 Å². The van der Waals surface area contributed by atoms with Crippen molar-refractivity contribution >= 4 is 0 Å². The molecule has 0 aliphatic heterocycles. The lowest BCUT2D eigenvalue weighted by Gasteiger charge is -2.05. The Bertz CT molecular complexity index is 672. The molecule has 3 heteroatoms. The number of benzene rings is 2. The van der Waals surface area contributed by atoms with Crippen molar-refractivity contribution in [1.82, 2.24) is 9.78 Å². The number of ether oxygens (including phenoxy) is 1. The molecule has 0 fully saturated rings. The zero-order valence-electron chi connectivity index (χ0n) is 11.4. The van der Waals surface area contributed by atoms with Crippen molar-refractivity contribution in [1.29, 1.82) is 0 Å². The van der Waals surface area contributed by atoms with E-state index in [2.05, 4.69) is 17.2 Å². The third-order valence-corrected chi connectivity index (χ3v) is 3.07. The van der Waals surface area contributed by atoms with Gasteiger partial charge in [0.05, 0.1) is 18.0 Å². The minimum atomic E-state index is 0.680. The fraction of sp³-hybridized carbons (Fsp3) is 0.118. The summed E-state index contributed by atoms with van der Waals surface area (Å²) in [6, 6.07) is 20.1. The molecule has 0 bridgehead atoms. The van der Waals surface area contributed by atoms with Crippen LogP contribution in [-0.2, 0) is 0 Å². The molecule has 0 N–H and O–H groups in total. The highest BCUT2D eigenvalue weighted by Gasteiger charge is 2.03. The van der Waals surface area contributed by atoms with Gasteiger partial charge in [-0.3, -0.25) is 0 Å². The van der Waals surface area contributed by atoms with Crippen molar-refractivity contribution in [3.63, 3.8) is 0 Å². The van der Waals surface area contributed by atoms with Gasteiger partial charge in [0.2, 0.25) is 0 Å². The van der Waals surface area contributed by atoms with Crippen LogP contribution in [0.1, 0.15) is 6.92 Å². The van der Waals surface area contributed by atoms with Gasteiger partial charge in [-0.15, -0.1) is 0 Å². The highest BCUT2D eigenvalue weighted by Crippen LogP contribution is 2.19. The van der Waals surface area contributed by atoms with Gasteiger partial charge in [-0.1, -0.05) is 30.3 Å². The number of rotatable bonds is 4. The Kier molecular flexibility index (Phi) is 3.50. The SMILES string of the molecule is CCOc1ccc(-n2ccc(-c3ccccc3)n2)cc1. The fourth-order valence-corrected chi connectivity index (χ4v) is 2.09. The largest absolute Gasteiger partial charge is 0.494 e. The van der Waals surface area contributed by atoms with E-state index in [4.69, 9.17) is 4.74 Å². The molecule has 1 heterocycles. The molecule has 100 valence electrons. The molecule has 0 radical (unpaired) electrons. The van der Waals surface area contributed by atoms with Gasteiger partial charge < -0.3 is 4.74 Å². The van der Waals surface area contributed by atoms with Crippen LogP contribution in [0.2, 0.25) is 0 Å². The molecule has 1 aromatic heterocycles. The van der Waals surface area contributed by atoms with Crippen LogP contribution in [0.5, 0.6) is 5.75 Å². The lowest BCUT2D eigenvalue weighted by molar-refractivity contribution is 0.340. The first-order valence-corrected chi connectivity index (χ1v) is 6.71. The zero-order chi connectivity index (χ0) is 13.8. The molecule has 0 saturated carbocycles. The number of aromatic nitrogens is 2. The lowest BCUT2D eigenvalue weighted by Crippen LogP contribution is -1.96. The molecule has 20 heavy (non-hydrogen) atoms. The maximum Gasteiger partial charge on any atom is 0.119 e. The second-order valence-electron chi connectivity index (χ2n) is 4.44. The van der Waals surface area contributed by atoms with Gasteiger partial charge in [-0.05, 0) is 37.3 Å².